The van der Waals surface area contributed by atoms with Crippen molar-refractivity contribution in [1.82, 2.24) is 4.98 Å². The summed E-state index contributed by atoms with van der Waals surface area (Å²) in [6.07, 6.45) is 0. The van der Waals surface area contributed by atoms with Gasteiger partial charge in [0.1, 0.15) is 11.9 Å². The van der Waals surface area contributed by atoms with Crippen molar-refractivity contribution in [1.29, 1.82) is 0 Å². The molecule has 1 amide bonds. The average Bonchev–Trinajstić information content (AvgIpc) is 2.39. The molecular formula is C13H12FN3O. The van der Waals surface area contributed by atoms with E-state index in [9.17, 15) is 9.18 Å². The fourth-order valence-electron chi connectivity index (χ4n) is 1.49. The fourth-order valence-corrected chi connectivity index (χ4v) is 1.49. The number of halogens is 1. The number of benzene rings is 1. The number of nitrogens with zero attached hydrogens (tertiary/aromatic N) is 1. The number of hydrogen-bond acceptors (Lipinski definition) is 3. The SMILES string of the molecule is N[C@H](C(=O)Nc1cccc(F)n1)c1ccccc1. The van der Waals surface area contributed by atoms with Crippen molar-refractivity contribution >= 4 is 11.7 Å². The van der Waals surface area contributed by atoms with Gasteiger partial charge < -0.3 is 11.1 Å². The van der Waals surface area contributed by atoms with Gasteiger partial charge in [-0.05, 0) is 17.7 Å². The summed E-state index contributed by atoms with van der Waals surface area (Å²) in [6, 6.07) is 12.3. The first-order valence-corrected chi connectivity index (χ1v) is 5.41. The van der Waals surface area contributed by atoms with E-state index in [0.29, 0.717) is 5.56 Å². The zero-order chi connectivity index (χ0) is 13.0. The van der Waals surface area contributed by atoms with Crippen LogP contribution in [0.25, 0.3) is 0 Å². The lowest BCUT2D eigenvalue weighted by Gasteiger charge is -2.11. The molecule has 0 bridgehead atoms. The Morgan fingerprint density at radius 3 is 2.56 bits per heavy atom. The molecule has 0 radical (unpaired) electrons. The van der Waals surface area contributed by atoms with E-state index in [2.05, 4.69) is 10.3 Å². The van der Waals surface area contributed by atoms with Crippen LogP contribution in [-0.2, 0) is 4.79 Å². The van der Waals surface area contributed by atoms with Gasteiger partial charge in [-0.15, -0.1) is 0 Å². The second-order valence-corrected chi connectivity index (χ2v) is 3.72. The van der Waals surface area contributed by atoms with Crippen molar-refractivity contribution in [3.05, 3.63) is 60.0 Å². The summed E-state index contributed by atoms with van der Waals surface area (Å²) >= 11 is 0. The summed E-state index contributed by atoms with van der Waals surface area (Å²) < 4.78 is 12.8. The highest BCUT2D eigenvalue weighted by atomic mass is 19.1. The number of carbonyl (C=O) groups is 1. The third-order valence-corrected chi connectivity index (χ3v) is 2.41. The van der Waals surface area contributed by atoms with Crippen molar-refractivity contribution in [3.63, 3.8) is 0 Å². The van der Waals surface area contributed by atoms with Crippen LogP contribution < -0.4 is 11.1 Å². The summed E-state index contributed by atoms with van der Waals surface area (Å²) in [5.41, 5.74) is 6.48. The van der Waals surface area contributed by atoms with Crippen LogP contribution in [0.5, 0.6) is 0 Å². The molecular weight excluding hydrogens is 233 g/mol. The van der Waals surface area contributed by atoms with Crippen LogP contribution in [0.1, 0.15) is 11.6 Å². The molecule has 3 N–H and O–H groups in total. The van der Waals surface area contributed by atoms with Gasteiger partial charge >= 0.3 is 0 Å². The Bertz CT molecular complexity index is 545. The smallest absolute Gasteiger partial charge is 0.247 e. The van der Waals surface area contributed by atoms with E-state index in [-0.39, 0.29) is 5.82 Å². The maximum absolute atomic E-state index is 12.8. The Hall–Kier alpha value is -2.27. The van der Waals surface area contributed by atoms with Crippen LogP contribution in [0.4, 0.5) is 10.2 Å². The van der Waals surface area contributed by atoms with Crippen molar-refractivity contribution in [2.24, 2.45) is 5.73 Å². The number of carbonyl (C=O) groups excluding carboxylic acids is 1. The summed E-state index contributed by atoms with van der Waals surface area (Å²) in [5.74, 6) is -0.938. The van der Waals surface area contributed by atoms with E-state index in [0.717, 1.165) is 0 Å². The predicted octanol–water partition coefficient (Wildman–Crippen LogP) is 1.86. The molecule has 1 aromatic heterocycles. The lowest BCUT2D eigenvalue weighted by Crippen LogP contribution is -2.28. The molecule has 1 aromatic carbocycles. The molecule has 0 aliphatic carbocycles. The number of nitrogens with one attached hydrogen (secondary N) is 1. The Morgan fingerprint density at radius 1 is 1.17 bits per heavy atom. The molecule has 5 heteroatoms. The molecule has 2 aromatic rings. The molecule has 0 aliphatic rings. The number of nitrogens with two attached hydrogens (primary N) is 1. The maximum atomic E-state index is 12.8. The molecule has 2 rings (SSSR count). The number of aromatic nitrogens is 1. The van der Waals surface area contributed by atoms with Crippen LogP contribution >= 0.6 is 0 Å². The fraction of sp³-hybridized carbons (Fsp3) is 0.0769. The molecule has 1 atom stereocenters. The van der Waals surface area contributed by atoms with E-state index in [1.165, 1.54) is 18.2 Å². The maximum Gasteiger partial charge on any atom is 0.247 e. The highest BCUT2D eigenvalue weighted by Gasteiger charge is 2.15. The highest BCUT2D eigenvalue weighted by Crippen LogP contribution is 2.12. The normalized spacial score (nSPS) is 11.9. The van der Waals surface area contributed by atoms with Gasteiger partial charge in [0.05, 0.1) is 0 Å². The van der Waals surface area contributed by atoms with E-state index in [1.807, 2.05) is 6.07 Å². The zero-order valence-corrected chi connectivity index (χ0v) is 9.51. The van der Waals surface area contributed by atoms with Crippen molar-refractivity contribution in [2.75, 3.05) is 5.32 Å². The van der Waals surface area contributed by atoms with Crippen LogP contribution in [0.15, 0.2) is 48.5 Å². The molecule has 0 saturated heterocycles. The molecule has 4 nitrogen and oxygen atoms in total. The monoisotopic (exact) mass is 245 g/mol. The summed E-state index contributed by atoms with van der Waals surface area (Å²) in [4.78, 5) is 15.4. The Morgan fingerprint density at radius 2 is 1.89 bits per heavy atom. The van der Waals surface area contributed by atoms with Gasteiger partial charge in [0.15, 0.2) is 0 Å². The van der Waals surface area contributed by atoms with Crippen molar-refractivity contribution < 1.29 is 9.18 Å². The number of anilines is 1. The van der Waals surface area contributed by atoms with E-state index < -0.39 is 17.9 Å². The van der Waals surface area contributed by atoms with Crippen molar-refractivity contribution in [3.8, 4) is 0 Å². The van der Waals surface area contributed by atoms with Gasteiger partial charge in [-0.25, -0.2) is 4.98 Å². The molecule has 92 valence electrons. The van der Waals surface area contributed by atoms with Crippen LogP contribution in [0.3, 0.4) is 0 Å². The zero-order valence-electron chi connectivity index (χ0n) is 9.51. The minimum Gasteiger partial charge on any atom is -0.316 e. The standard InChI is InChI=1S/C13H12FN3O/c14-10-7-4-8-11(16-10)17-13(18)12(15)9-5-2-1-3-6-9/h1-8,12H,15H2,(H,16,17,18)/t12-/m0/s1. The van der Waals surface area contributed by atoms with E-state index >= 15 is 0 Å². The topological polar surface area (TPSA) is 68.0 Å². The lowest BCUT2D eigenvalue weighted by molar-refractivity contribution is -0.117. The van der Waals surface area contributed by atoms with Gasteiger partial charge in [-0.1, -0.05) is 36.4 Å². The Balaban J connectivity index is 2.09. The molecule has 0 aliphatic heterocycles. The second-order valence-electron chi connectivity index (χ2n) is 3.72. The first kappa shape index (κ1) is 12.2. The van der Waals surface area contributed by atoms with E-state index in [4.69, 9.17) is 5.73 Å². The first-order valence-electron chi connectivity index (χ1n) is 5.41. The quantitative estimate of drug-likeness (QED) is 0.811. The first-order chi connectivity index (χ1) is 8.66. The minimum absolute atomic E-state index is 0.145. The highest BCUT2D eigenvalue weighted by molar-refractivity contribution is 5.94. The third-order valence-electron chi connectivity index (χ3n) is 2.41. The number of pyridine rings is 1. The predicted molar refractivity (Wildman–Crippen MR) is 66.2 cm³/mol. The molecule has 18 heavy (non-hydrogen) atoms. The van der Waals surface area contributed by atoms with Gasteiger partial charge in [0.25, 0.3) is 0 Å². The average molecular weight is 245 g/mol. The number of hydrogen-bond donors (Lipinski definition) is 2. The summed E-state index contributed by atoms with van der Waals surface area (Å²) in [6.45, 7) is 0. The van der Waals surface area contributed by atoms with Gasteiger partial charge in [0.2, 0.25) is 11.9 Å². The van der Waals surface area contributed by atoms with E-state index in [1.54, 1.807) is 24.3 Å². The van der Waals surface area contributed by atoms with Gasteiger partial charge in [0, 0.05) is 0 Å². The van der Waals surface area contributed by atoms with Gasteiger partial charge in [-0.3, -0.25) is 4.79 Å². The largest absolute Gasteiger partial charge is 0.316 e. The minimum atomic E-state index is -0.809. The summed E-state index contributed by atoms with van der Waals surface area (Å²) in [5, 5.41) is 2.47. The second kappa shape index (κ2) is 5.37. The molecule has 0 spiro atoms. The van der Waals surface area contributed by atoms with Gasteiger partial charge in [-0.2, -0.15) is 4.39 Å². The lowest BCUT2D eigenvalue weighted by atomic mass is 10.1. The Kier molecular flexibility index (Phi) is 3.64. The third kappa shape index (κ3) is 2.89. The molecule has 0 unspecified atom stereocenters. The Labute approximate surface area is 104 Å². The molecule has 1 heterocycles. The molecule has 0 fully saturated rings. The van der Waals surface area contributed by atoms with Crippen LogP contribution in [0, 0.1) is 5.95 Å². The molecule has 0 saturated carbocycles. The summed E-state index contributed by atoms with van der Waals surface area (Å²) in [7, 11) is 0. The van der Waals surface area contributed by atoms with Crippen LogP contribution in [-0.4, -0.2) is 10.9 Å². The van der Waals surface area contributed by atoms with Crippen molar-refractivity contribution in [2.45, 2.75) is 6.04 Å². The van der Waals surface area contributed by atoms with Crippen LogP contribution in [0.2, 0.25) is 0 Å². The number of rotatable bonds is 3. The number of amides is 1.